The first-order valence-electron chi connectivity index (χ1n) is 10.6. The molecular weight excluding hydrogens is 414 g/mol. The Morgan fingerprint density at radius 2 is 0.939 bits per heavy atom. The van der Waals surface area contributed by atoms with Crippen molar-refractivity contribution in [3.63, 3.8) is 0 Å². The average molecular weight is 437 g/mol. The van der Waals surface area contributed by atoms with Crippen LogP contribution in [-0.4, -0.2) is 22.2 Å². The van der Waals surface area contributed by atoms with Crippen molar-refractivity contribution in [3.05, 3.63) is 119 Å². The van der Waals surface area contributed by atoms with Crippen molar-refractivity contribution >= 4 is 11.9 Å². The van der Waals surface area contributed by atoms with Crippen molar-refractivity contribution in [1.29, 1.82) is 0 Å². The van der Waals surface area contributed by atoms with Crippen molar-refractivity contribution in [1.82, 2.24) is 5.32 Å². The number of carboxylic acids is 2. The van der Waals surface area contributed by atoms with E-state index < -0.39 is 11.9 Å². The van der Waals surface area contributed by atoms with Crippen LogP contribution in [0, 0.1) is 0 Å². The zero-order chi connectivity index (χ0) is 23.2. The molecule has 0 amide bonds. The van der Waals surface area contributed by atoms with E-state index in [0.29, 0.717) is 13.1 Å². The predicted molar refractivity (Wildman–Crippen MR) is 128 cm³/mol. The summed E-state index contributed by atoms with van der Waals surface area (Å²) in [7, 11) is 0. The molecule has 0 aliphatic rings. The van der Waals surface area contributed by atoms with Crippen molar-refractivity contribution in [2.75, 3.05) is 0 Å². The van der Waals surface area contributed by atoms with Crippen LogP contribution in [0.3, 0.4) is 0 Å². The molecule has 0 radical (unpaired) electrons. The van der Waals surface area contributed by atoms with Crippen molar-refractivity contribution < 1.29 is 19.8 Å². The predicted octanol–water partition coefficient (Wildman–Crippen LogP) is 5.71. The maximum Gasteiger partial charge on any atom is 0.335 e. The quantitative estimate of drug-likeness (QED) is 0.329. The van der Waals surface area contributed by atoms with Gasteiger partial charge in [-0.3, -0.25) is 0 Å². The minimum Gasteiger partial charge on any atom is -0.478 e. The highest BCUT2D eigenvalue weighted by Crippen LogP contribution is 2.24. The molecule has 0 unspecified atom stereocenters. The van der Waals surface area contributed by atoms with Crippen LogP contribution in [0.25, 0.3) is 22.3 Å². The summed E-state index contributed by atoms with van der Waals surface area (Å²) in [5.41, 5.74) is 5.71. The van der Waals surface area contributed by atoms with Crippen LogP contribution in [0.15, 0.2) is 97.1 Å². The molecule has 5 heteroatoms. The molecule has 164 valence electrons. The first-order chi connectivity index (χ1) is 16.0. The van der Waals surface area contributed by atoms with E-state index >= 15 is 0 Å². The Balaban J connectivity index is 1.56. The van der Waals surface area contributed by atoms with Crippen LogP contribution < -0.4 is 5.32 Å². The SMILES string of the molecule is O=C(O)c1cc(CNCc2cc(C(=O)O)cc(-c3ccccc3)c2)cc(-c2ccccc2)c1. The third-order valence-corrected chi connectivity index (χ3v) is 5.35. The lowest BCUT2D eigenvalue weighted by Crippen LogP contribution is -2.14. The molecule has 0 saturated heterocycles. The number of hydrogen-bond acceptors (Lipinski definition) is 3. The fourth-order valence-corrected chi connectivity index (χ4v) is 3.78. The summed E-state index contributed by atoms with van der Waals surface area (Å²) in [6, 6.07) is 29.9. The molecule has 5 nitrogen and oxygen atoms in total. The standard InChI is InChI=1S/C28H23NO4/c30-27(31)25-13-19(11-23(15-25)21-7-3-1-4-8-21)17-29-18-20-12-24(16-26(14-20)28(32)33)22-9-5-2-6-10-22/h1-16,29H,17-18H2,(H,30,31)(H,32,33). The van der Waals surface area contributed by atoms with Gasteiger partial charge in [0.1, 0.15) is 0 Å². The minimum absolute atomic E-state index is 0.229. The van der Waals surface area contributed by atoms with Gasteiger partial charge in [0.2, 0.25) is 0 Å². The Labute approximate surface area is 192 Å². The Morgan fingerprint density at radius 3 is 1.30 bits per heavy atom. The summed E-state index contributed by atoms with van der Waals surface area (Å²) >= 11 is 0. The number of aromatic carboxylic acids is 2. The summed E-state index contributed by atoms with van der Waals surface area (Å²) in [5, 5.41) is 22.4. The smallest absolute Gasteiger partial charge is 0.335 e. The number of carbonyl (C=O) groups is 2. The van der Waals surface area contributed by atoms with Crippen molar-refractivity contribution in [3.8, 4) is 22.3 Å². The van der Waals surface area contributed by atoms with Crippen molar-refractivity contribution in [2.24, 2.45) is 0 Å². The van der Waals surface area contributed by atoms with Crippen LogP contribution in [0.5, 0.6) is 0 Å². The summed E-state index contributed by atoms with van der Waals surface area (Å²) in [6.45, 7) is 0.887. The fourth-order valence-electron chi connectivity index (χ4n) is 3.78. The van der Waals surface area contributed by atoms with Crippen LogP contribution in [0.4, 0.5) is 0 Å². The molecule has 0 atom stereocenters. The molecule has 0 aliphatic heterocycles. The highest BCUT2D eigenvalue weighted by Gasteiger charge is 2.11. The summed E-state index contributed by atoms with van der Waals surface area (Å²) < 4.78 is 0. The molecule has 0 spiro atoms. The van der Waals surface area contributed by atoms with E-state index in [2.05, 4.69) is 5.32 Å². The Hall–Kier alpha value is -4.22. The van der Waals surface area contributed by atoms with Gasteiger partial charge >= 0.3 is 11.9 Å². The lowest BCUT2D eigenvalue weighted by Gasteiger charge is -2.11. The van der Waals surface area contributed by atoms with Gasteiger partial charge in [-0.15, -0.1) is 0 Å². The molecule has 0 heterocycles. The number of carboxylic acid groups (broad SMARTS) is 2. The van der Waals surface area contributed by atoms with Gasteiger partial charge in [0.15, 0.2) is 0 Å². The van der Waals surface area contributed by atoms with E-state index in [4.69, 9.17) is 0 Å². The monoisotopic (exact) mass is 437 g/mol. The molecule has 0 aliphatic carbocycles. The first kappa shape index (κ1) is 22.0. The van der Waals surface area contributed by atoms with Gasteiger partial charge in [-0.25, -0.2) is 9.59 Å². The first-order valence-corrected chi connectivity index (χ1v) is 10.6. The number of benzene rings is 4. The number of nitrogens with one attached hydrogen (secondary N) is 1. The van der Waals surface area contributed by atoms with Crippen LogP contribution in [0.1, 0.15) is 31.8 Å². The summed E-state index contributed by atoms with van der Waals surface area (Å²) in [6.07, 6.45) is 0. The molecule has 0 bridgehead atoms. The number of hydrogen-bond donors (Lipinski definition) is 3. The maximum atomic E-state index is 11.6. The van der Waals surface area contributed by atoms with Crippen molar-refractivity contribution in [2.45, 2.75) is 13.1 Å². The van der Waals surface area contributed by atoms with E-state index in [-0.39, 0.29) is 11.1 Å². The molecule has 33 heavy (non-hydrogen) atoms. The lowest BCUT2D eigenvalue weighted by molar-refractivity contribution is 0.0686. The van der Waals surface area contributed by atoms with Gasteiger partial charge in [-0.2, -0.15) is 0 Å². The molecule has 0 fully saturated rings. The fraction of sp³-hybridized carbons (Fsp3) is 0.0714. The topological polar surface area (TPSA) is 86.6 Å². The van der Waals surface area contributed by atoms with Crippen LogP contribution in [-0.2, 0) is 13.1 Å². The van der Waals surface area contributed by atoms with Gasteiger partial charge in [0.05, 0.1) is 11.1 Å². The average Bonchev–Trinajstić information content (AvgIpc) is 2.84. The maximum absolute atomic E-state index is 11.6. The highest BCUT2D eigenvalue weighted by atomic mass is 16.4. The third kappa shape index (κ3) is 5.53. The summed E-state index contributed by atoms with van der Waals surface area (Å²) in [4.78, 5) is 23.3. The highest BCUT2D eigenvalue weighted by molar-refractivity contribution is 5.90. The second-order valence-electron chi connectivity index (χ2n) is 7.78. The van der Waals surface area contributed by atoms with Gasteiger partial charge in [-0.05, 0) is 69.8 Å². The minimum atomic E-state index is -0.976. The zero-order valence-corrected chi connectivity index (χ0v) is 17.9. The van der Waals surface area contributed by atoms with E-state index in [1.807, 2.05) is 72.8 Å². The Bertz CT molecular complexity index is 1180. The van der Waals surface area contributed by atoms with Gasteiger partial charge in [0.25, 0.3) is 0 Å². The second kappa shape index (κ2) is 9.94. The normalized spacial score (nSPS) is 10.7. The lowest BCUT2D eigenvalue weighted by atomic mass is 9.99. The second-order valence-corrected chi connectivity index (χ2v) is 7.78. The molecule has 0 aromatic heterocycles. The molecule has 4 aromatic rings. The Kier molecular flexibility index (Phi) is 6.62. The van der Waals surface area contributed by atoms with Gasteiger partial charge in [-0.1, -0.05) is 60.7 Å². The zero-order valence-electron chi connectivity index (χ0n) is 17.9. The molecule has 0 saturated carbocycles. The summed E-state index contributed by atoms with van der Waals surface area (Å²) in [5.74, 6) is -1.95. The molecule has 4 aromatic carbocycles. The molecule has 4 rings (SSSR count). The Morgan fingerprint density at radius 1 is 0.545 bits per heavy atom. The van der Waals surface area contributed by atoms with E-state index in [1.54, 1.807) is 24.3 Å². The largest absolute Gasteiger partial charge is 0.478 e. The van der Waals surface area contributed by atoms with E-state index in [9.17, 15) is 19.8 Å². The van der Waals surface area contributed by atoms with Crippen LogP contribution >= 0.6 is 0 Å². The number of rotatable bonds is 8. The van der Waals surface area contributed by atoms with E-state index in [0.717, 1.165) is 33.4 Å². The van der Waals surface area contributed by atoms with E-state index in [1.165, 1.54) is 0 Å². The molecule has 3 N–H and O–H groups in total. The third-order valence-electron chi connectivity index (χ3n) is 5.35. The van der Waals surface area contributed by atoms with Gasteiger partial charge < -0.3 is 15.5 Å². The van der Waals surface area contributed by atoms with Gasteiger partial charge in [0, 0.05) is 13.1 Å². The van der Waals surface area contributed by atoms with Crippen LogP contribution in [0.2, 0.25) is 0 Å². The molecular formula is C28H23NO4.